The van der Waals surface area contributed by atoms with Crippen molar-refractivity contribution in [3.63, 3.8) is 0 Å². The second kappa shape index (κ2) is 16.4. The molecule has 0 saturated heterocycles. The van der Waals surface area contributed by atoms with Gasteiger partial charge in [-0.15, -0.1) is 0 Å². The molecular formula is H9BiInLiSn. The molecule has 0 rings (SSSR count). The summed E-state index contributed by atoms with van der Waals surface area (Å²) in [5.74, 6) is 0. The SMILES string of the molecule is [BiH3].[InH3].[LiH].[SnH2]. The van der Waals surface area contributed by atoms with E-state index < -0.39 is 0 Å². The van der Waals surface area contributed by atoms with Crippen LogP contribution in [0.4, 0.5) is 0 Å². The molecule has 0 aromatic rings. The van der Waals surface area contributed by atoms with Crippen molar-refractivity contribution >= 4 is 94.8 Å². The molecule has 0 nitrogen and oxygen atoms in total. The summed E-state index contributed by atoms with van der Waals surface area (Å²) in [5, 5.41) is 0. The summed E-state index contributed by atoms with van der Waals surface area (Å²) in [7, 11) is 0. The van der Waals surface area contributed by atoms with Crippen LogP contribution in [-0.4, -0.2) is 94.8 Å². The van der Waals surface area contributed by atoms with Crippen molar-refractivity contribution in [2.24, 2.45) is 0 Å². The average molecular weight is 459 g/mol. The third kappa shape index (κ3) is 8.94. The van der Waals surface area contributed by atoms with Gasteiger partial charge in [0, 0.05) is 0 Å². The van der Waals surface area contributed by atoms with Gasteiger partial charge >= 0.3 is 94.8 Å². The Morgan fingerprint density at radius 2 is 1.00 bits per heavy atom. The van der Waals surface area contributed by atoms with Gasteiger partial charge in [-0.1, -0.05) is 0 Å². The van der Waals surface area contributed by atoms with Crippen molar-refractivity contribution in [1.82, 2.24) is 0 Å². The molecule has 0 fully saturated rings. The molecule has 0 N–H and O–H groups in total. The zero-order valence-corrected chi connectivity index (χ0v) is 10.9. The molecule has 0 aromatic carbocycles. The Bertz CT molecular complexity index is 8.00. The fraction of sp³-hybridized carbons (Fsp3) is 0. The van der Waals surface area contributed by atoms with Crippen LogP contribution >= 0.6 is 0 Å². The summed E-state index contributed by atoms with van der Waals surface area (Å²) in [4.78, 5) is 0. The van der Waals surface area contributed by atoms with E-state index in [9.17, 15) is 0 Å². The van der Waals surface area contributed by atoms with Gasteiger partial charge in [-0.3, -0.25) is 0 Å². The van der Waals surface area contributed by atoms with Gasteiger partial charge < -0.3 is 0 Å². The van der Waals surface area contributed by atoms with Crippen LogP contribution < -0.4 is 0 Å². The summed E-state index contributed by atoms with van der Waals surface area (Å²) >= 11 is 0. The first-order chi connectivity index (χ1) is 0. The van der Waals surface area contributed by atoms with Gasteiger partial charge in [0.05, 0.1) is 0 Å². The first-order valence-electron chi connectivity index (χ1n) is 0. The van der Waals surface area contributed by atoms with Gasteiger partial charge in [0.1, 0.15) is 0 Å². The van der Waals surface area contributed by atoms with Gasteiger partial charge in [0.15, 0.2) is 0 Å². The normalized spacial score (nSPS) is 0. The van der Waals surface area contributed by atoms with Crippen LogP contribution in [0.1, 0.15) is 0 Å². The van der Waals surface area contributed by atoms with Crippen molar-refractivity contribution in [1.29, 1.82) is 0 Å². The van der Waals surface area contributed by atoms with Crippen LogP contribution in [0.3, 0.4) is 0 Å². The Hall–Kier alpha value is 3.15. The second-order valence-corrected chi connectivity index (χ2v) is 0. The van der Waals surface area contributed by atoms with Gasteiger partial charge in [0.25, 0.3) is 0 Å². The summed E-state index contributed by atoms with van der Waals surface area (Å²) in [6.07, 6.45) is 0. The predicted molar refractivity (Wildman–Crippen MR) is 35.6 cm³/mol. The van der Waals surface area contributed by atoms with Gasteiger partial charge in [-0.2, -0.15) is 0 Å². The second-order valence-electron chi connectivity index (χ2n) is 0. The maximum absolute atomic E-state index is 0. The van der Waals surface area contributed by atoms with E-state index in [1.54, 1.807) is 0 Å². The molecule has 0 aliphatic rings. The third-order valence-corrected chi connectivity index (χ3v) is 0. The van der Waals surface area contributed by atoms with Crippen LogP contribution in [0.2, 0.25) is 0 Å². The maximum atomic E-state index is 0. The zero-order chi connectivity index (χ0) is 0. The fourth-order valence-corrected chi connectivity index (χ4v) is 0. The molecule has 4 heavy (non-hydrogen) atoms. The molecule has 0 atom stereocenters. The van der Waals surface area contributed by atoms with Crippen LogP contribution in [0, 0.1) is 0 Å². The van der Waals surface area contributed by atoms with Gasteiger partial charge in [0.2, 0.25) is 0 Å². The van der Waals surface area contributed by atoms with Crippen molar-refractivity contribution < 1.29 is 0 Å². The molecule has 2 radical (unpaired) electrons. The van der Waals surface area contributed by atoms with Crippen molar-refractivity contribution in [3.8, 4) is 0 Å². The molecule has 0 spiro atoms. The standard InChI is InChI=1S/Bi.In.Li.Sn.9H. The van der Waals surface area contributed by atoms with E-state index in [0.717, 1.165) is 0 Å². The van der Waals surface area contributed by atoms with E-state index in [2.05, 4.69) is 0 Å². The van der Waals surface area contributed by atoms with Crippen molar-refractivity contribution in [2.45, 2.75) is 0 Å². The average Bonchev–Trinajstić information content (AvgIpc) is 0. The van der Waals surface area contributed by atoms with Crippen LogP contribution in [0.5, 0.6) is 0 Å². The molecule has 0 amide bonds. The Kier molecular flexibility index (Phi) is 112. The van der Waals surface area contributed by atoms with Gasteiger partial charge in [-0.25, -0.2) is 0 Å². The quantitative estimate of drug-likeness (QED) is 0.326. The third-order valence-electron chi connectivity index (χ3n) is 0. The van der Waals surface area contributed by atoms with E-state index in [1.807, 2.05) is 0 Å². The van der Waals surface area contributed by atoms with Crippen LogP contribution in [0.25, 0.3) is 0 Å². The molecule has 0 bridgehead atoms. The predicted octanol–water partition coefficient (Wildman–Crippen LogP) is -3.93. The molecule has 0 saturated carbocycles. The molecule has 0 aliphatic carbocycles. The summed E-state index contributed by atoms with van der Waals surface area (Å²) in [6.45, 7) is 0. The molecular weight excluding hydrogens is 449 g/mol. The van der Waals surface area contributed by atoms with E-state index >= 15 is 0 Å². The Balaban J connectivity index is 0. The zero-order valence-electron chi connectivity index (χ0n) is 1.41. The Morgan fingerprint density at radius 1 is 1.00 bits per heavy atom. The molecule has 0 aromatic heterocycles. The van der Waals surface area contributed by atoms with Crippen molar-refractivity contribution in [2.75, 3.05) is 0 Å². The van der Waals surface area contributed by atoms with Crippen LogP contribution in [0.15, 0.2) is 0 Å². The number of hydrogen-bond acceptors (Lipinski definition) is 0. The summed E-state index contributed by atoms with van der Waals surface area (Å²) < 4.78 is 0. The Morgan fingerprint density at radius 3 is 1.00 bits per heavy atom. The minimum absolute atomic E-state index is 0. The van der Waals surface area contributed by atoms with E-state index in [1.165, 1.54) is 0 Å². The molecule has 22 valence electrons. The monoisotopic (exact) mass is 460 g/mol. The van der Waals surface area contributed by atoms with E-state index in [4.69, 9.17) is 0 Å². The van der Waals surface area contributed by atoms with E-state index in [0.29, 0.717) is 0 Å². The molecule has 0 unspecified atom stereocenters. The van der Waals surface area contributed by atoms with E-state index in [-0.39, 0.29) is 94.8 Å². The van der Waals surface area contributed by atoms with Crippen molar-refractivity contribution in [3.05, 3.63) is 0 Å². The minimum atomic E-state index is 0. The topological polar surface area (TPSA) is 0 Å². The molecule has 0 aliphatic heterocycles. The number of hydrogen-bond donors (Lipinski definition) is 0. The summed E-state index contributed by atoms with van der Waals surface area (Å²) in [6, 6.07) is 0. The molecule has 0 heterocycles. The summed E-state index contributed by atoms with van der Waals surface area (Å²) in [5.41, 5.74) is 0. The Labute approximate surface area is 92.9 Å². The first-order valence-corrected chi connectivity index (χ1v) is 0. The van der Waals surface area contributed by atoms with Gasteiger partial charge in [-0.05, 0) is 0 Å². The number of rotatable bonds is 0. The molecule has 4 heteroatoms. The fourth-order valence-electron chi connectivity index (χ4n) is 0. The first kappa shape index (κ1) is 27.3. The van der Waals surface area contributed by atoms with Crippen LogP contribution in [-0.2, 0) is 0 Å².